The number of carbonyl (C=O) groups is 1. The van der Waals surface area contributed by atoms with Gasteiger partial charge in [-0.05, 0) is 49.9 Å². The van der Waals surface area contributed by atoms with Gasteiger partial charge in [-0.15, -0.1) is 0 Å². The van der Waals surface area contributed by atoms with E-state index in [0.29, 0.717) is 42.1 Å². The van der Waals surface area contributed by atoms with Crippen LogP contribution in [-0.2, 0) is 11.3 Å². The maximum Gasteiger partial charge on any atom is 0.223 e. The van der Waals surface area contributed by atoms with Crippen LogP contribution in [0.3, 0.4) is 0 Å². The second-order valence-electron chi connectivity index (χ2n) is 5.79. The summed E-state index contributed by atoms with van der Waals surface area (Å²) < 4.78 is 10.8. The third-order valence-electron chi connectivity index (χ3n) is 4.34. The van der Waals surface area contributed by atoms with Crippen LogP contribution in [-0.4, -0.2) is 26.2 Å². The fraction of sp³-hybridized carbons (Fsp3) is 0.588. The van der Waals surface area contributed by atoms with Crippen molar-refractivity contribution in [3.63, 3.8) is 0 Å². The lowest BCUT2D eigenvalue weighted by atomic mass is 9.95. The SMILES string of the molecule is CCOc1c(Cl)cc(CNC(=O)[C@@H]2CCC[C@@H]2CN)cc1OC. The predicted octanol–water partition coefficient (Wildman–Crippen LogP) is 2.74. The van der Waals surface area contributed by atoms with E-state index >= 15 is 0 Å². The zero-order chi connectivity index (χ0) is 16.8. The number of methoxy groups -OCH3 is 1. The molecule has 0 saturated heterocycles. The molecule has 0 radical (unpaired) electrons. The molecule has 0 heterocycles. The molecule has 1 fully saturated rings. The zero-order valence-corrected chi connectivity index (χ0v) is 14.5. The fourth-order valence-electron chi connectivity index (χ4n) is 3.14. The number of hydrogen-bond donors (Lipinski definition) is 2. The first-order valence-electron chi connectivity index (χ1n) is 8.07. The number of benzene rings is 1. The van der Waals surface area contributed by atoms with E-state index in [0.717, 1.165) is 24.8 Å². The molecule has 5 nitrogen and oxygen atoms in total. The van der Waals surface area contributed by atoms with Crippen LogP contribution in [0.2, 0.25) is 5.02 Å². The maximum absolute atomic E-state index is 12.3. The molecule has 23 heavy (non-hydrogen) atoms. The van der Waals surface area contributed by atoms with Crippen LogP contribution in [0.15, 0.2) is 12.1 Å². The van der Waals surface area contributed by atoms with Crippen molar-refractivity contribution in [2.45, 2.75) is 32.7 Å². The molecule has 1 aromatic carbocycles. The smallest absolute Gasteiger partial charge is 0.223 e. The monoisotopic (exact) mass is 340 g/mol. The molecule has 1 amide bonds. The lowest BCUT2D eigenvalue weighted by molar-refractivity contribution is -0.126. The van der Waals surface area contributed by atoms with E-state index in [4.69, 9.17) is 26.8 Å². The fourth-order valence-corrected chi connectivity index (χ4v) is 3.43. The first kappa shape index (κ1) is 17.9. The highest BCUT2D eigenvalue weighted by Crippen LogP contribution is 2.36. The standard InChI is InChI=1S/C17H25ClN2O3/c1-3-23-16-14(18)7-11(8-15(16)22-2)10-20-17(21)13-6-4-5-12(13)9-19/h7-8,12-13H,3-6,9-10,19H2,1-2H3,(H,20,21)/t12-,13-/m1/s1. The molecule has 1 aliphatic carbocycles. The van der Waals surface area contributed by atoms with E-state index in [1.165, 1.54) is 0 Å². The van der Waals surface area contributed by atoms with Crippen LogP contribution in [0, 0.1) is 11.8 Å². The van der Waals surface area contributed by atoms with Crippen molar-refractivity contribution in [2.24, 2.45) is 17.6 Å². The Balaban J connectivity index is 2.03. The minimum Gasteiger partial charge on any atom is -0.493 e. The van der Waals surface area contributed by atoms with Gasteiger partial charge in [-0.1, -0.05) is 18.0 Å². The van der Waals surface area contributed by atoms with E-state index in [1.807, 2.05) is 13.0 Å². The van der Waals surface area contributed by atoms with Crippen LogP contribution < -0.4 is 20.5 Å². The topological polar surface area (TPSA) is 73.6 Å². The number of nitrogens with two attached hydrogens (primary N) is 1. The molecule has 0 spiro atoms. The summed E-state index contributed by atoms with van der Waals surface area (Å²) in [6, 6.07) is 3.64. The van der Waals surface area contributed by atoms with Crippen molar-refractivity contribution < 1.29 is 14.3 Å². The normalized spacial score (nSPS) is 20.3. The van der Waals surface area contributed by atoms with Gasteiger partial charge in [0.1, 0.15) is 0 Å². The Morgan fingerprint density at radius 2 is 2.22 bits per heavy atom. The summed E-state index contributed by atoms with van der Waals surface area (Å²) in [5, 5.41) is 3.47. The Hall–Kier alpha value is -1.46. The molecular formula is C17H25ClN2O3. The second-order valence-corrected chi connectivity index (χ2v) is 6.20. The lowest BCUT2D eigenvalue weighted by Gasteiger charge is -2.18. The molecule has 0 aromatic heterocycles. The second kappa shape index (κ2) is 8.41. The largest absolute Gasteiger partial charge is 0.493 e. The quantitative estimate of drug-likeness (QED) is 0.800. The molecule has 0 unspecified atom stereocenters. The van der Waals surface area contributed by atoms with Gasteiger partial charge in [0.15, 0.2) is 11.5 Å². The summed E-state index contributed by atoms with van der Waals surface area (Å²) in [5.74, 6) is 1.51. The third-order valence-corrected chi connectivity index (χ3v) is 4.62. The molecule has 6 heteroatoms. The number of rotatable bonds is 7. The molecule has 3 N–H and O–H groups in total. The van der Waals surface area contributed by atoms with E-state index in [2.05, 4.69) is 5.32 Å². The van der Waals surface area contributed by atoms with Gasteiger partial charge in [-0.3, -0.25) is 4.79 Å². The van der Waals surface area contributed by atoms with Crippen LogP contribution in [0.25, 0.3) is 0 Å². The molecular weight excluding hydrogens is 316 g/mol. The van der Waals surface area contributed by atoms with Crippen molar-refractivity contribution in [3.8, 4) is 11.5 Å². The highest BCUT2D eigenvalue weighted by molar-refractivity contribution is 6.32. The number of ether oxygens (including phenoxy) is 2. The first-order chi connectivity index (χ1) is 11.1. The molecule has 128 valence electrons. The number of halogens is 1. The van der Waals surface area contributed by atoms with Crippen molar-refractivity contribution >= 4 is 17.5 Å². The van der Waals surface area contributed by atoms with Crippen LogP contribution in [0.1, 0.15) is 31.7 Å². The lowest BCUT2D eigenvalue weighted by Crippen LogP contribution is -2.34. The third kappa shape index (κ3) is 4.30. The van der Waals surface area contributed by atoms with Crippen LogP contribution in [0.4, 0.5) is 0 Å². The zero-order valence-electron chi connectivity index (χ0n) is 13.7. The minimum atomic E-state index is 0.0278. The number of nitrogens with one attached hydrogen (secondary N) is 1. The van der Waals surface area contributed by atoms with Crippen LogP contribution in [0.5, 0.6) is 11.5 Å². The van der Waals surface area contributed by atoms with Gasteiger partial charge < -0.3 is 20.5 Å². The molecule has 1 saturated carbocycles. The van der Waals surface area contributed by atoms with Gasteiger partial charge in [-0.25, -0.2) is 0 Å². The van der Waals surface area contributed by atoms with Gasteiger partial charge in [0.05, 0.1) is 18.7 Å². The summed E-state index contributed by atoms with van der Waals surface area (Å²) in [6.07, 6.45) is 3.03. The van der Waals surface area contributed by atoms with Gasteiger partial charge in [-0.2, -0.15) is 0 Å². The van der Waals surface area contributed by atoms with E-state index in [-0.39, 0.29) is 11.8 Å². The minimum absolute atomic E-state index is 0.0278. The van der Waals surface area contributed by atoms with E-state index in [1.54, 1.807) is 13.2 Å². The Morgan fingerprint density at radius 1 is 1.43 bits per heavy atom. The van der Waals surface area contributed by atoms with Crippen LogP contribution >= 0.6 is 11.6 Å². The van der Waals surface area contributed by atoms with Crippen molar-refractivity contribution in [1.29, 1.82) is 0 Å². The van der Waals surface area contributed by atoms with E-state index < -0.39 is 0 Å². The Kier molecular flexibility index (Phi) is 6.54. The molecule has 0 bridgehead atoms. The number of amides is 1. The summed E-state index contributed by atoms with van der Waals surface area (Å²) in [4.78, 5) is 12.3. The van der Waals surface area contributed by atoms with Gasteiger partial charge in [0, 0.05) is 12.5 Å². The van der Waals surface area contributed by atoms with Crippen molar-refractivity contribution in [1.82, 2.24) is 5.32 Å². The summed E-state index contributed by atoms with van der Waals surface area (Å²) in [6.45, 7) is 3.38. The van der Waals surface area contributed by atoms with E-state index in [9.17, 15) is 4.79 Å². The summed E-state index contributed by atoms with van der Waals surface area (Å²) in [7, 11) is 1.57. The molecule has 2 rings (SSSR count). The molecule has 1 aromatic rings. The average Bonchev–Trinajstić information content (AvgIpc) is 3.03. The van der Waals surface area contributed by atoms with Gasteiger partial charge in [0.25, 0.3) is 0 Å². The molecule has 1 aliphatic rings. The van der Waals surface area contributed by atoms with Gasteiger partial charge in [0.2, 0.25) is 5.91 Å². The summed E-state index contributed by atoms with van der Waals surface area (Å²) >= 11 is 6.25. The highest BCUT2D eigenvalue weighted by Gasteiger charge is 2.31. The Morgan fingerprint density at radius 3 is 2.87 bits per heavy atom. The Bertz CT molecular complexity index is 551. The van der Waals surface area contributed by atoms with Crippen molar-refractivity contribution in [3.05, 3.63) is 22.7 Å². The Labute approximate surface area is 142 Å². The highest BCUT2D eigenvalue weighted by atomic mass is 35.5. The predicted molar refractivity (Wildman–Crippen MR) is 90.9 cm³/mol. The van der Waals surface area contributed by atoms with Crippen molar-refractivity contribution in [2.75, 3.05) is 20.3 Å². The number of hydrogen-bond acceptors (Lipinski definition) is 4. The average molecular weight is 341 g/mol. The first-order valence-corrected chi connectivity index (χ1v) is 8.45. The summed E-state index contributed by atoms with van der Waals surface area (Å²) in [5.41, 5.74) is 6.62. The molecule has 2 atom stereocenters. The maximum atomic E-state index is 12.3. The number of carbonyl (C=O) groups excluding carboxylic acids is 1. The molecule has 0 aliphatic heterocycles. The van der Waals surface area contributed by atoms with Gasteiger partial charge >= 0.3 is 0 Å².